The molecule has 0 spiro atoms. The number of nitrogens with zero attached hydrogens (tertiary/aromatic N) is 3. The van der Waals surface area contributed by atoms with Gasteiger partial charge in [-0.05, 0) is 109 Å². The van der Waals surface area contributed by atoms with Crippen LogP contribution >= 0.6 is 0 Å². The molecular formula is C49H46N3O7S2+. The highest BCUT2D eigenvalue weighted by molar-refractivity contribution is 7.89. The molecule has 0 amide bonds. The van der Waals surface area contributed by atoms with E-state index in [2.05, 4.69) is 73.6 Å². The highest BCUT2D eigenvalue weighted by Gasteiger charge is 2.29. The van der Waals surface area contributed by atoms with Crippen molar-refractivity contribution in [1.82, 2.24) is 8.88 Å². The Labute approximate surface area is 355 Å². The number of anilines is 1. The van der Waals surface area contributed by atoms with Gasteiger partial charge in [0.15, 0.2) is 6.73 Å². The summed E-state index contributed by atoms with van der Waals surface area (Å²) in [4.78, 5) is 1.32. The summed E-state index contributed by atoms with van der Waals surface area (Å²) >= 11 is 0. The summed E-state index contributed by atoms with van der Waals surface area (Å²) in [6, 6.07) is 37.9. The molecule has 7 aromatic carbocycles. The molecule has 1 aliphatic heterocycles. The summed E-state index contributed by atoms with van der Waals surface area (Å²) in [5, 5.41) is 10.1. The van der Waals surface area contributed by atoms with Crippen LogP contribution in [-0.2, 0) is 20.1 Å². The second-order valence-corrected chi connectivity index (χ2v) is 18.7. The quantitative estimate of drug-likeness (QED) is 0.0424. The minimum Gasteiger partial charge on any atom is -0.477 e. The van der Waals surface area contributed by atoms with Crippen LogP contribution in [0.5, 0.6) is 5.75 Å². The number of fused-ring (bicyclic) bond motifs is 4. The van der Waals surface area contributed by atoms with Crippen LogP contribution in [0.4, 0.5) is 5.69 Å². The van der Waals surface area contributed by atoms with Gasteiger partial charge in [-0.25, -0.2) is 13.0 Å². The van der Waals surface area contributed by atoms with Gasteiger partial charge in [0.2, 0.25) is 15.4 Å². The minimum atomic E-state index is -4.97. The Balaban J connectivity index is 1.12. The van der Waals surface area contributed by atoms with Crippen molar-refractivity contribution in [2.45, 2.75) is 37.5 Å². The first-order valence-corrected chi connectivity index (χ1v) is 23.4. The Morgan fingerprint density at radius 2 is 1.34 bits per heavy atom. The smallest absolute Gasteiger partial charge is 0.295 e. The van der Waals surface area contributed by atoms with Gasteiger partial charge in [0.05, 0.1) is 11.0 Å². The van der Waals surface area contributed by atoms with E-state index in [1.165, 1.54) is 19.2 Å². The fourth-order valence-electron chi connectivity index (χ4n) is 8.88. The average molecular weight is 853 g/mol. The van der Waals surface area contributed by atoms with Crippen molar-refractivity contribution in [3.8, 4) is 28.2 Å². The predicted octanol–water partition coefficient (Wildman–Crippen LogP) is 9.82. The Kier molecular flexibility index (Phi) is 10.2. The van der Waals surface area contributed by atoms with Crippen molar-refractivity contribution in [2.75, 3.05) is 44.9 Å². The molecule has 0 aromatic heterocycles. The number of hydrogen-bond acceptors (Lipinski definition) is 7. The Morgan fingerprint density at radius 3 is 2.10 bits per heavy atom. The van der Waals surface area contributed by atoms with Gasteiger partial charge in [-0.3, -0.25) is 4.55 Å². The third-order valence-electron chi connectivity index (χ3n) is 12.0. The lowest BCUT2D eigenvalue weighted by Gasteiger charge is -2.23. The number of hydrogen-bond donors (Lipinski definition) is 1. The molecule has 0 bridgehead atoms. The molecule has 2 aliphatic rings. The Morgan fingerprint density at radius 1 is 0.656 bits per heavy atom. The third kappa shape index (κ3) is 6.84. The van der Waals surface area contributed by atoms with E-state index in [1.54, 1.807) is 0 Å². The number of ether oxygens (including phenoxy) is 1. The van der Waals surface area contributed by atoms with Crippen molar-refractivity contribution in [3.63, 3.8) is 0 Å². The van der Waals surface area contributed by atoms with E-state index in [4.69, 9.17) is 9.15 Å². The first-order valence-electron chi connectivity index (χ1n) is 20.5. The summed E-state index contributed by atoms with van der Waals surface area (Å²) in [6.07, 6.45) is 0. The zero-order valence-electron chi connectivity index (χ0n) is 34.6. The Bertz CT molecular complexity index is 3440. The molecule has 10 nitrogen and oxygen atoms in total. The summed E-state index contributed by atoms with van der Waals surface area (Å²) in [7, 11) is -7.93. The molecule has 1 aliphatic carbocycles. The molecule has 1 heterocycles. The monoisotopic (exact) mass is 852 g/mol. The van der Waals surface area contributed by atoms with Gasteiger partial charge in [-0.15, -0.1) is 0 Å². The zero-order chi connectivity index (χ0) is 42.8. The largest absolute Gasteiger partial charge is 0.477 e. The van der Waals surface area contributed by atoms with Crippen LogP contribution in [0.1, 0.15) is 27.7 Å². The first-order chi connectivity index (χ1) is 29.4. The fraction of sp³-hybridized carbons (Fsp3) is 0.204. The van der Waals surface area contributed by atoms with Crippen molar-refractivity contribution >= 4 is 79.9 Å². The van der Waals surface area contributed by atoms with E-state index in [0.717, 1.165) is 90.7 Å². The fourth-order valence-corrected chi connectivity index (χ4v) is 10.7. The molecule has 7 aromatic rings. The molecule has 0 saturated carbocycles. The van der Waals surface area contributed by atoms with Crippen LogP contribution < -0.4 is 19.6 Å². The number of benzene rings is 8. The van der Waals surface area contributed by atoms with Crippen LogP contribution in [0.25, 0.3) is 76.5 Å². The second kappa shape index (κ2) is 15.4. The van der Waals surface area contributed by atoms with Crippen molar-refractivity contribution in [3.05, 3.63) is 127 Å². The van der Waals surface area contributed by atoms with Crippen LogP contribution in [0.2, 0.25) is 0 Å². The van der Waals surface area contributed by atoms with E-state index in [-0.39, 0.29) is 17.2 Å². The van der Waals surface area contributed by atoms with Gasteiger partial charge in [-0.2, -0.15) is 12.7 Å². The highest BCUT2D eigenvalue weighted by Crippen LogP contribution is 2.44. The molecule has 12 heteroatoms. The van der Waals surface area contributed by atoms with Gasteiger partial charge in [0.25, 0.3) is 10.1 Å². The zero-order valence-corrected chi connectivity index (χ0v) is 36.3. The standard InChI is InChI=1S/C49H45N3O7S2/c1-6-51(7-2)34-17-22-40-44(27-34)59-45-28-35(52(8-3)9-4)18-23-41(45)49(40)42-24-19-36(29-46(42)61(55,56)57)60(53,54)50(5)30-58-43-25-16-31-14-20-38-37-13-11-10-12-32(37)26-33-15-21-39(43)47(31)48(33)38/h10-29H,6-9,30H2,1-5H3/p+1. The van der Waals surface area contributed by atoms with E-state index in [0.29, 0.717) is 33.6 Å². The molecule has 0 fully saturated rings. The van der Waals surface area contributed by atoms with E-state index >= 15 is 0 Å². The molecule has 9 rings (SSSR count). The third-order valence-corrected chi connectivity index (χ3v) is 14.7. The topological polar surface area (TPSA) is 120 Å². The highest BCUT2D eigenvalue weighted by atomic mass is 32.2. The van der Waals surface area contributed by atoms with Gasteiger partial charge in [0, 0.05) is 70.8 Å². The van der Waals surface area contributed by atoms with E-state index < -0.39 is 25.0 Å². The van der Waals surface area contributed by atoms with Crippen LogP contribution in [0.15, 0.2) is 136 Å². The van der Waals surface area contributed by atoms with Gasteiger partial charge >= 0.3 is 0 Å². The maximum atomic E-state index is 14.2. The normalized spacial score (nSPS) is 12.5. The molecule has 310 valence electrons. The van der Waals surface area contributed by atoms with E-state index in [1.807, 2.05) is 66.7 Å². The van der Waals surface area contributed by atoms with E-state index in [9.17, 15) is 21.4 Å². The summed E-state index contributed by atoms with van der Waals surface area (Å²) < 4.78 is 81.9. The maximum absolute atomic E-state index is 14.2. The minimum absolute atomic E-state index is 0.138. The number of rotatable bonds is 12. The first kappa shape index (κ1) is 40.4. The number of sulfonamides is 1. The lowest BCUT2D eigenvalue weighted by Crippen LogP contribution is -2.31. The molecule has 0 atom stereocenters. The van der Waals surface area contributed by atoms with Crippen LogP contribution in [0.3, 0.4) is 0 Å². The molecular weight excluding hydrogens is 807 g/mol. The van der Waals surface area contributed by atoms with Crippen molar-refractivity contribution < 1.29 is 30.5 Å². The van der Waals surface area contributed by atoms with Crippen LogP contribution in [-0.4, -0.2) is 65.7 Å². The molecule has 0 radical (unpaired) electrons. The summed E-state index contributed by atoms with van der Waals surface area (Å²) in [6.45, 7) is 11.0. The molecule has 0 unspecified atom stereocenters. The average Bonchev–Trinajstić information content (AvgIpc) is 3.26. The van der Waals surface area contributed by atoms with Gasteiger partial charge in [-0.1, -0.05) is 54.6 Å². The lowest BCUT2D eigenvalue weighted by atomic mass is 9.91. The molecule has 0 saturated heterocycles. The summed E-state index contributed by atoms with van der Waals surface area (Å²) in [5.41, 5.74) is 2.68. The lowest BCUT2D eigenvalue weighted by molar-refractivity contribution is 0.224. The predicted molar refractivity (Wildman–Crippen MR) is 246 cm³/mol. The SMILES string of the molecule is CCN(CC)c1ccc2c(-c3ccc(S(=O)(=O)N(C)COc4ccc5ccc6c7ccccc7cc7ccc4c5c76)cc3S(=O)(=O)O)c3ccc(=[N+](CC)CC)cc-3oc2c1. The van der Waals surface area contributed by atoms with Gasteiger partial charge in [0.1, 0.15) is 35.1 Å². The molecule has 1 N–H and O–H groups in total. The van der Waals surface area contributed by atoms with Gasteiger partial charge < -0.3 is 14.1 Å². The van der Waals surface area contributed by atoms with Crippen LogP contribution in [0, 0.1) is 0 Å². The second-order valence-electron chi connectivity index (χ2n) is 15.3. The van der Waals surface area contributed by atoms with Crippen molar-refractivity contribution in [2.24, 2.45) is 0 Å². The van der Waals surface area contributed by atoms with Crippen molar-refractivity contribution in [1.29, 1.82) is 0 Å². The maximum Gasteiger partial charge on any atom is 0.295 e. The summed E-state index contributed by atoms with van der Waals surface area (Å²) in [5.74, 6) is 1.02. The Hall–Kier alpha value is -6.05. The molecule has 61 heavy (non-hydrogen) atoms.